The monoisotopic (exact) mass is 354 g/mol. The van der Waals surface area contributed by atoms with Gasteiger partial charge in [0, 0.05) is 12.2 Å². The number of nitrogens with zero attached hydrogens (tertiary/aromatic N) is 1. The van der Waals surface area contributed by atoms with E-state index >= 15 is 0 Å². The number of methoxy groups -OCH3 is 2. The first kappa shape index (κ1) is 17.9. The predicted molar refractivity (Wildman–Crippen MR) is 88.0 cm³/mol. The van der Waals surface area contributed by atoms with Crippen LogP contribution in [0.4, 0.5) is 4.79 Å². The lowest BCUT2D eigenvalue weighted by atomic mass is 9.94. The number of aromatic hydroxyl groups is 1. The number of hydrogen-bond acceptors (Lipinski definition) is 5. The van der Waals surface area contributed by atoms with Crippen LogP contribution < -0.4 is 10.1 Å². The van der Waals surface area contributed by atoms with Crippen LogP contribution in [0.25, 0.3) is 0 Å². The van der Waals surface area contributed by atoms with Gasteiger partial charge in [-0.05, 0) is 31.5 Å². The van der Waals surface area contributed by atoms with Crippen molar-refractivity contribution in [3.8, 4) is 11.5 Å². The molecule has 2 amide bonds. The molecule has 1 aliphatic heterocycles. The summed E-state index contributed by atoms with van der Waals surface area (Å²) >= 11 is 6.02. The summed E-state index contributed by atoms with van der Waals surface area (Å²) in [5, 5.41) is 12.7. The van der Waals surface area contributed by atoms with E-state index in [1.807, 2.05) is 0 Å². The molecule has 0 bridgehead atoms. The van der Waals surface area contributed by atoms with Gasteiger partial charge in [0.1, 0.15) is 0 Å². The van der Waals surface area contributed by atoms with Crippen molar-refractivity contribution < 1.29 is 24.2 Å². The molecule has 0 fully saturated rings. The van der Waals surface area contributed by atoms with Gasteiger partial charge in [-0.1, -0.05) is 11.6 Å². The first-order chi connectivity index (χ1) is 11.3. The Hall–Kier alpha value is -2.41. The quantitative estimate of drug-likeness (QED) is 0.811. The number of carbonyl (C=O) groups excluding carboxylic acids is 2. The second-order valence-electron chi connectivity index (χ2n) is 5.17. The van der Waals surface area contributed by atoms with Crippen molar-refractivity contribution in [2.75, 3.05) is 20.8 Å². The minimum Gasteiger partial charge on any atom is -0.503 e. The number of ether oxygens (including phenoxy) is 2. The van der Waals surface area contributed by atoms with Crippen LogP contribution in [0.3, 0.4) is 0 Å². The van der Waals surface area contributed by atoms with Crippen molar-refractivity contribution in [1.82, 2.24) is 10.2 Å². The van der Waals surface area contributed by atoms with Gasteiger partial charge in [0.05, 0.1) is 30.9 Å². The number of esters is 1. The maximum atomic E-state index is 12.3. The van der Waals surface area contributed by atoms with E-state index in [9.17, 15) is 14.7 Å². The number of hydrogen-bond donors (Lipinski definition) is 2. The molecule has 1 aliphatic rings. The van der Waals surface area contributed by atoms with Gasteiger partial charge in [0.15, 0.2) is 11.5 Å². The molecule has 7 nitrogen and oxygen atoms in total. The van der Waals surface area contributed by atoms with E-state index in [0.717, 1.165) is 0 Å². The highest BCUT2D eigenvalue weighted by molar-refractivity contribution is 6.32. The fourth-order valence-corrected chi connectivity index (χ4v) is 2.92. The molecule has 2 rings (SSSR count). The lowest BCUT2D eigenvalue weighted by Crippen LogP contribution is -2.47. The van der Waals surface area contributed by atoms with Gasteiger partial charge in [0.2, 0.25) is 0 Å². The molecule has 0 aromatic heterocycles. The maximum absolute atomic E-state index is 12.3. The molecular weight excluding hydrogens is 336 g/mol. The summed E-state index contributed by atoms with van der Waals surface area (Å²) in [4.78, 5) is 26.0. The van der Waals surface area contributed by atoms with Crippen molar-refractivity contribution in [3.05, 3.63) is 34.0 Å². The molecule has 0 radical (unpaired) electrons. The maximum Gasteiger partial charge on any atom is 0.337 e. The lowest BCUT2D eigenvalue weighted by Gasteiger charge is -2.34. The van der Waals surface area contributed by atoms with Gasteiger partial charge in [0.25, 0.3) is 0 Å². The zero-order chi connectivity index (χ0) is 18.0. The molecule has 0 spiro atoms. The number of phenols is 1. The molecule has 0 saturated heterocycles. The first-order valence-electron chi connectivity index (χ1n) is 7.29. The zero-order valence-corrected chi connectivity index (χ0v) is 14.6. The second kappa shape index (κ2) is 7.00. The SMILES string of the molecule is CCN1C(=O)NC(c2cc(Cl)c(O)c(OC)c2)C(C(=O)OC)=C1C. The number of halogens is 1. The molecule has 130 valence electrons. The zero-order valence-electron chi connectivity index (χ0n) is 13.8. The van der Waals surface area contributed by atoms with Crippen LogP contribution in [0, 0.1) is 0 Å². The third-order valence-electron chi connectivity index (χ3n) is 3.92. The number of urea groups is 1. The van der Waals surface area contributed by atoms with Crippen molar-refractivity contribution in [2.45, 2.75) is 19.9 Å². The number of nitrogens with one attached hydrogen (secondary N) is 1. The summed E-state index contributed by atoms with van der Waals surface area (Å²) in [7, 11) is 2.66. The summed E-state index contributed by atoms with van der Waals surface area (Å²) in [6.07, 6.45) is 0. The minimum atomic E-state index is -0.764. The summed E-state index contributed by atoms with van der Waals surface area (Å²) in [6.45, 7) is 3.89. The fourth-order valence-electron chi connectivity index (χ4n) is 2.70. The molecule has 2 N–H and O–H groups in total. The number of benzene rings is 1. The predicted octanol–water partition coefficient (Wildman–Crippen LogP) is 2.59. The van der Waals surface area contributed by atoms with Crippen LogP contribution >= 0.6 is 11.6 Å². The van der Waals surface area contributed by atoms with E-state index in [1.54, 1.807) is 13.8 Å². The molecule has 1 unspecified atom stereocenters. The fraction of sp³-hybridized carbons (Fsp3) is 0.375. The number of amides is 2. The van der Waals surface area contributed by atoms with E-state index in [4.69, 9.17) is 21.1 Å². The van der Waals surface area contributed by atoms with Gasteiger partial charge in [-0.3, -0.25) is 4.90 Å². The van der Waals surface area contributed by atoms with E-state index in [-0.39, 0.29) is 22.6 Å². The van der Waals surface area contributed by atoms with Crippen LogP contribution in [0.2, 0.25) is 5.02 Å². The van der Waals surface area contributed by atoms with E-state index in [2.05, 4.69) is 5.32 Å². The van der Waals surface area contributed by atoms with Gasteiger partial charge in [-0.25, -0.2) is 9.59 Å². The van der Waals surface area contributed by atoms with Gasteiger partial charge in [-0.15, -0.1) is 0 Å². The highest BCUT2D eigenvalue weighted by Crippen LogP contribution is 2.39. The summed E-state index contributed by atoms with van der Waals surface area (Å²) in [6, 6.07) is 1.89. The van der Waals surface area contributed by atoms with Crippen molar-refractivity contribution >= 4 is 23.6 Å². The average molecular weight is 355 g/mol. The summed E-state index contributed by atoms with van der Waals surface area (Å²) in [5.74, 6) is -0.619. The van der Waals surface area contributed by atoms with Gasteiger partial charge in [-0.2, -0.15) is 0 Å². The van der Waals surface area contributed by atoms with E-state index in [1.165, 1.54) is 31.3 Å². The minimum absolute atomic E-state index is 0.0541. The number of rotatable bonds is 4. The molecule has 1 aromatic rings. The third kappa shape index (κ3) is 2.99. The first-order valence-corrected chi connectivity index (χ1v) is 7.66. The molecule has 8 heteroatoms. The van der Waals surface area contributed by atoms with E-state index in [0.29, 0.717) is 23.4 Å². The van der Waals surface area contributed by atoms with Crippen molar-refractivity contribution in [2.24, 2.45) is 0 Å². The Kier molecular flexibility index (Phi) is 5.23. The van der Waals surface area contributed by atoms with E-state index < -0.39 is 12.0 Å². The summed E-state index contributed by atoms with van der Waals surface area (Å²) in [5.41, 5.74) is 1.29. The van der Waals surface area contributed by atoms with Crippen LogP contribution in [0.15, 0.2) is 23.4 Å². The Bertz CT molecular complexity index is 717. The van der Waals surface area contributed by atoms with Gasteiger partial charge >= 0.3 is 12.0 Å². The Morgan fingerprint density at radius 2 is 2.08 bits per heavy atom. The molecule has 1 heterocycles. The Balaban J connectivity index is 2.63. The highest BCUT2D eigenvalue weighted by Gasteiger charge is 2.36. The molecular formula is C16H19ClN2O5. The van der Waals surface area contributed by atoms with Crippen LogP contribution in [-0.2, 0) is 9.53 Å². The third-order valence-corrected chi connectivity index (χ3v) is 4.21. The number of carbonyl (C=O) groups is 2. The van der Waals surface area contributed by atoms with Crippen molar-refractivity contribution in [3.63, 3.8) is 0 Å². The number of phenolic OH excluding ortho intramolecular Hbond substituents is 1. The van der Waals surface area contributed by atoms with Gasteiger partial charge < -0.3 is 19.9 Å². The Morgan fingerprint density at radius 3 is 2.62 bits per heavy atom. The Morgan fingerprint density at radius 1 is 1.42 bits per heavy atom. The molecule has 0 saturated carbocycles. The standard InChI is InChI=1S/C16H19ClN2O5/c1-5-19-8(2)12(15(21)24-4)13(18-16(19)22)9-6-10(17)14(20)11(7-9)23-3/h6-7,13,20H,5H2,1-4H3,(H,18,22). The highest BCUT2D eigenvalue weighted by atomic mass is 35.5. The van der Waals surface area contributed by atoms with Crippen LogP contribution in [0.5, 0.6) is 11.5 Å². The molecule has 24 heavy (non-hydrogen) atoms. The number of allylic oxidation sites excluding steroid dienone is 1. The second-order valence-corrected chi connectivity index (χ2v) is 5.58. The molecule has 1 aromatic carbocycles. The average Bonchev–Trinajstić information content (AvgIpc) is 2.56. The lowest BCUT2D eigenvalue weighted by molar-refractivity contribution is -0.136. The summed E-state index contributed by atoms with van der Waals surface area (Å²) < 4.78 is 9.95. The van der Waals surface area contributed by atoms with Crippen LogP contribution in [-0.4, -0.2) is 42.8 Å². The molecule has 1 atom stereocenters. The smallest absolute Gasteiger partial charge is 0.337 e. The normalized spacial score (nSPS) is 17.6. The Labute approximate surface area is 144 Å². The van der Waals surface area contributed by atoms with Crippen molar-refractivity contribution in [1.29, 1.82) is 0 Å². The largest absolute Gasteiger partial charge is 0.503 e. The topological polar surface area (TPSA) is 88.1 Å². The molecule has 0 aliphatic carbocycles. The van der Waals surface area contributed by atoms with Crippen LogP contribution in [0.1, 0.15) is 25.5 Å².